The van der Waals surface area contributed by atoms with Gasteiger partial charge in [0.2, 0.25) is 16.0 Å². The van der Waals surface area contributed by atoms with Crippen molar-refractivity contribution in [3.63, 3.8) is 0 Å². The van der Waals surface area contributed by atoms with Gasteiger partial charge in [0.1, 0.15) is 4.90 Å². The average Bonchev–Trinajstić information content (AvgIpc) is 2.93. The number of anilines is 1. The molecule has 3 rings (SSSR count). The van der Waals surface area contributed by atoms with Gasteiger partial charge < -0.3 is 5.32 Å². The number of sulfonamides is 1. The van der Waals surface area contributed by atoms with E-state index >= 15 is 0 Å². The lowest BCUT2D eigenvalue weighted by Crippen LogP contribution is -2.26. The second-order valence-electron chi connectivity index (χ2n) is 4.81. The first kappa shape index (κ1) is 14.0. The van der Waals surface area contributed by atoms with Crippen LogP contribution in [0.4, 0.5) is 5.95 Å². The molecule has 0 bridgehead atoms. The number of benzene rings is 1. The molecule has 0 radical (unpaired) electrons. The van der Waals surface area contributed by atoms with Crippen molar-refractivity contribution >= 4 is 16.0 Å². The van der Waals surface area contributed by atoms with Crippen molar-refractivity contribution in [3.8, 4) is 0 Å². The molecule has 21 heavy (non-hydrogen) atoms. The Balaban J connectivity index is 1.85. The molecule has 0 aliphatic carbocycles. The van der Waals surface area contributed by atoms with Gasteiger partial charge in [-0.05, 0) is 18.1 Å². The number of aromatic nitrogens is 2. The summed E-state index contributed by atoms with van der Waals surface area (Å²) >= 11 is 0. The maximum Gasteiger partial charge on any atom is 0.246 e. The summed E-state index contributed by atoms with van der Waals surface area (Å²) in [6.45, 7) is 3.41. The summed E-state index contributed by atoms with van der Waals surface area (Å²) in [5.74, 6) is 0.432. The van der Waals surface area contributed by atoms with E-state index in [2.05, 4.69) is 15.3 Å². The van der Waals surface area contributed by atoms with Crippen molar-refractivity contribution in [2.24, 2.45) is 0 Å². The molecule has 0 fully saturated rings. The van der Waals surface area contributed by atoms with Crippen molar-refractivity contribution in [2.45, 2.75) is 24.9 Å². The van der Waals surface area contributed by atoms with Gasteiger partial charge >= 0.3 is 0 Å². The summed E-state index contributed by atoms with van der Waals surface area (Å²) in [5, 5.41) is 2.94. The maximum atomic E-state index is 12.6. The molecule has 7 heteroatoms. The second kappa shape index (κ2) is 5.42. The maximum absolute atomic E-state index is 12.6. The lowest BCUT2D eigenvalue weighted by atomic mass is 10.1. The van der Waals surface area contributed by atoms with Crippen LogP contribution in [0.5, 0.6) is 0 Å². The van der Waals surface area contributed by atoms with Gasteiger partial charge in [-0.25, -0.2) is 18.4 Å². The van der Waals surface area contributed by atoms with E-state index < -0.39 is 10.0 Å². The molecule has 6 nitrogen and oxygen atoms in total. The van der Waals surface area contributed by atoms with Gasteiger partial charge in [-0.2, -0.15) is 4.31 Å². The smallest absolute Gasteiger partial charge is 0.246 e. The van der Waals surface area contributed by atoms with E-state index in [4.69, 9.17) is 0 Å². The number of rotatable bonds is 4. The van der Waals surface area contributed by atoms with Gasteiger partial charge in [0, 0.05) is 19.6 Å². The molecule has 1 aliphatic rings. The van der Waals surface area contributed by atoms with Gasteiger partial charge in [0.25, 0.3) is 0 Å². The Labute approximate surface area is 123 Å². The number of fused-ring (bicyclic) bond motifs is 1. The fourth-order valence-corrected chi connectivity index (χ4v) is 3.61. The van der Waals surface area contributed by atoms with E-state index in [0.717, 1.165) is 11.1 Å². The molecule has 0 saturated heterocycles. The van der Waals surface area contributed by atoms with E-state index in [1.807, 2.05) is 31.2 Å². The quantitative estimate of drug-likeness (QED) is 0.929. The van der Waals surface area contributed by atoms with Crippen LogP contribution in [-0.4, -0.2) is 29.2 Å². The Bertz CT molecular complexity index is 719. The predicted octanol–water partition coefficient (Wildman–Crippen LogP) is 1.61. The van der Waals surface area contributed by atoms with Crippen LogP contribution in [-0.2, 0) is 23.1 Å². The normalized spacial score (nSPS) is 14.9. The summed E-state index contributed by atoms with van der Waals surface area (Å²) in [7, 11) is -3.56. The first-order chi connectivity index (χ1) is 10.1. The van der Waals surface area contributed by atoms with Crippen LogP contribution in [0.2, 0.25) is 0 Å². The molecule has 2 heterocycles. The molecule has 0 spiro atoms. The van der Waals surface area contributed by atoms with E-state index in [1.54, 1.807) is 0 Å². The van der Waals surface area contributed by atoms with E-state index in [9.17, 15) is 8.42 Å². The molecule has 0 saturated carbocycles. The highest BCUT2D eigenvalue weighted by Gasteiger charge is 2.30. The standard InChI is InChI=1S/C14H16N4O2S/c1-2-15-14-16-7-13(8-17-14)21(19,20)18-9-11-5-3-4-6-12(11)10-18/h3-8H,2,9-10H2,1H3,(H,15,16,17). The Hall–Kier alpha value is -1.99. The minimum atomic E-state index is -3.56. The van der Waals surface area contributed by atoms with Crippen molar-refractivity contribution < 1.29 is 8.42 Å². The first-order valence-electron chi connectivity index (χ1n) is 6.74. The lowest BCUT2D eigenvalue weighted by molar-refractivity contribution is 0.431. The summed E-state index contributed by atoms with van der Waals surface area (Å²) < 4.78 is 26.6. The zero-order chi connectivity index (χ0) is 14.9. The topological polar surface area (TPSA) is 75.2 Å². The Kier molecular flexibility index (Phi) is 3.60. The molecular weight excluding hydrogens is 288 g/mol. The molecule has 110 valence electrons. The molecule has 1 aromatic carbocycles. The van der Waals surface area contributed by atoms with Gasteiger partial charge in [0.05, 0.1) is 12.4 Å². The molecule has 1 N–H and O–H groups in total. The molecular formula is C14H16N4O2S. The lowest BCUT2D eigenvalue weighted by Gasteiger charge is -2.15. The van der Waals surface area contributed by atoms with Crippen molar-refractivity contribution in [1.82, 2.24) is 14.3 Å². The van der Waals surface area contributed by atoms with Gasteiger partial charge in [0.15, 0.2) is 0 Å². The number of nitrogens with zero attached hydrogens (tertiary/aromatic N) is 3. The summed E-state index contributed by atoms with van der Waals surface area (Å²) in [6, 6.07) is 7.75. The third-order valence-electron chi connectivity index (χ3n) is 3.41. The van der Waals surface area contributed by atoms with Crippen LogP contribution in [0.3, 0.4) is 0 Å². The fourth-order valence-electron chi connectivity index (χ4n) is 2.32. The number of hydrogen-bond acceptors (Lipinski definition) is 5. The first-order valence-corrected chi connectivity index (χ1v) is 8.18. The van der Waals surface area contributed by atoms with Gasteiger partial charge in [-0.3, -0.25) is 0 Å². The molecule has 0 amide bonds. The van der Waals surface area contributed by atoms with E-state index in [1.165, 1.54) is 16.7 Å². The van der Waals surface area contributed by atoms with Crippen LogP contribution in [0.15, 0.2) is 41.6 Å². The largest absolute Gasteiger partial charge is 0.355 e. The third kappa shape index (κ3) is 2.62. The highest BCUT2D eigenvalue weighted by molar-refractivity contribution is 7.89. The Morgan fingerprint density at radius 2 is 1.71 bits per heavy atom. The van der Waals surface area contributed by atoms with Gasteiger partial charge in [-0.1, -0.05) is 24.3 Å². The predicted molar refractivity (Wildman–Crippen MR) is 79.1 cm³/mol. The zero-order valence-electron chi connectivity index (χ0n) is 11.7. The molecule has 1 aliphatic heterocycles. The highest BCUT2D eigenvalue weighted by atomic mass is 32.2. The van der Waals surface area contributed by atoms with E-state index in [-0.39, 0.29) is 4.90 Å². The van der Waals surface area contributed by atoms with E-state index in [0.29, 0.717) is 25.6 Å². The van der Waals surface area contributed by atoms with Crippen LogP contribution in [0.1, 0.15) is 18.1 Å². The van der Waals surface area contributed by atoms with Gasteiger partial charge in [-0.15, -0.1) is 0 Å². The Morgan fingerprint density at radius 1 is 1.14 bits per heavy atom. The van der Waals surface area contributed by atoms with Crippen molar-refractivity contribution in [1.29, 1.82) is 0 Å². The summed E-state index contributed by atoms with van der Waals surface area (Å²) in [6.07, 6.45) is 2.70. The van der Waals surface area contributed by atoms with Crippen molar-refractivity contribution in [3.05, 3.63) is 47.8 Å². The summed E-state index contributed by atoms with van der Waals surface area (Å²) in [4.78, 5) is 8.18. The molecule has 1 aromatic heterocycles. The fraction of sp³-hybridized carbons (Fsp3) is 0.286. The minimum Gasteiger partial charge on any atom is -0.355 e. The van der Waals surface area contributed by atoms with Crippen molar-refractivity contribution in [2.75, 3.05) is 11.9 Å². The molecule has 0 atom stereocenters. The summed E-state index contributed by atoms with van der Waals surface area (Å²) in [5.41, 5.74) is 2.09. The number of nitrogens with one attached hydrogen (secondary N) is 1. The van der Waals surface area contributed by atoms with Crippen LogP contribution < -0.4 is 5.32 Å². The highest BCUT2D eigenvalue weighted by Crippen LogP contribution is 2.27. The van der Waals surface area contributed by atoms with Crippen LogP contribution in [0.25, 0.3) is 0 Å². The third-order valence-corrected chi connectivity index (χ3v) is 5.16. The number of hydrogen-bond donors (Lipinski definition) is 1. The molecule has 2 aromatic rings. The average molecular weight is 304 g/mol. The zero-order valence-corrected chi connectivity index (χ0v) is 12.5. The van der Waals surface area contributed by atoms with Crippen LogP contribution in [0, 0.1) is 0 Å². The SMILES string of the molecule is CCNc1ncc(S(=O)(=O)N2Cc3ccccc3C2)cn1. The van der Waals surface area contributed by atoms with Crippen LogP contribution >= 0.6 is 0 Å². The molecule has 0 unspecified atom stereocenters. The second-order valence-corrected chi connectivity index (χ2v) is 6.75. The Morgan fingerprint density at radius 3 is 2.24 bits per heavy atom. The monoisotopic (exact) mass is 304 g/mol. The minimum absolute atomic E-state index is 0.122.